The lowest BCUT2D eigenvalue weighted by Crippen LogP contribution is -2.55. The second-order valence-corrected chi connectivity index (χ2v) is 6.55. The molecule has 1 aliphatic heterocycles. The molecule has 2 N–H and O–H groups in total. The molecule has 0 saturated heterocycles. The van der Waals surface area contributed by atoms with Crippen molar-refractivity contribution in [2.24, 2.45) is 5.73 Å². The van der Waals surface area contributed by atoms with Crippen LogP contribution in [0.5, 0.6) is 0 Å². The van der Waals surface area contributed by atoms with Crippen molar-refractivity contribution < 1.29 is 4.79 Å². The summed E-state index contributed by atoms with van der Waals surface area (Å²) >= 11 is 0. The largest absolute Gasteiger partial charge is 0.332 e. The molecule has 1 saturated carbocycles. The minimum Gasteiger partial charge on any atom is -0.332 e. The Bertz CT molecular complexity index is 718. The second-order valence-electron chi connectivity index (χ2n) is 6.55. The zero-order chi connectivity index (χ0) is 15.9. The van der Waals surface area contributed by atoms with Crippen molar-refractivity contribution in [1.29, 1.82) is 0 Å². The summed E-state index contributed by atoms with van der Waals surface area (Å²) in [6.07, 6.45) is 3.68. The van der Waals surface area contributed by atoms with E-state index in [9.17, 15) is 4.79 Å². The summed E-state index contributed by atoms with van der Waals surface area (Å²) < 4.78 is 2.11. The first-order valence-corrected chi connectivity index (χ1v) is 8.23. The van der Waals surface area contributed by atoms with E-state index >= 15 is 0 Å². The summed E-state index contributed by atoms with van der Waals surface area (Å²) in [7, 11) is 0. The van der Waals surface area contributed by atoms with Crippen LogP contribution in [0.25, 0.3) is 11.4 Å². The van der Waals surface area contributed by atoms with Crippen LogP contribution in [0.2, 0.25) is 0 Å². The van der Waals surface area contributed by atoms with E-state index in [0.717, 1.165) is 42.9 Å². The van der Waals surface area contributed by atoms with Gasteiger partial charge in [0.15, 0.2) is 11.6 Å². The van der Waals surface area contributed by atoms with Crippen molar-refractivity contribution in [2.75, 3.05) is 6.54 Å². The molecule has 1 amide bonds. The Morgan fingerprint density at radius 2 is 1.83 bits per heavy atom. The van der Waals surface area contributed by atoms with Gasteiger partial charge < -0.3 is 15.2 Å². The van der Waals surface area contributed by atoms with Crippen LogP contribution < -0.4 is 5.73 Å². The van der Waals surface area contributed by atoms with Crippen LogP contribution in [-0.4, -0.2) is 37.7 Å². The minimum atomic E-state index is -0.662. The Morgan fingerprint density at radius 3 is 2.57 bits per heavy atom. The van der Waals surface area contributed by atoms with Crippen molar-refractivity contribution in [3.63, 3.8) is 0 Å². The molecule has 0 atom stereocenters. The van der Waals surface area contributed by atoms with Crippen LogP contribution in [0, 0.1) is 0 Å². The van der Waals surface area contributed by atoms with Gasteiger partial charge in [-0.05, 0) is 12.8 Å². The molecule has 2 heterocycles. The van der Waals surface area contributed by atoms with E-state index in [1.807, 2.05) is 35.2 Å². The molecule has 4 rings (SSSR count). The van der Waals surface area contributed by atoms with Gasteiger partial charge in [-0.25, -0.2) is 0 Å². The number of nitrogens with zero attached hydrogens (tertiary/aromatic N) is 4. The van der Waals surface area contributed by atoms with E-state index in [1.165, 1.54) is 0 Å². The Morgan fingerprint density at radius 1 is 1.09 bits per heavy atom. The monoisotopic (exact) mass is 311 g/mol. The van der Waals surface area contributed by atoms with Gasteiger partial charge in [0.25, 0.3) is 0 Å². The number of rotatable bonds is 2. The smallest absolute Gasteiger partial charge is 0.243 e. The molecule has 2 aliphatic rings. The number of amides is 1. The van der Waals surface area contributed by atoms with Crippen molar-refractivity contribution >= 4 is 5.91 Å². The molecule has 1 aliphatic carbocycles. The number of hydrogen-bond acceptors (Lipinski definition) is 4. The lowest BCUT2D eigenvalue weighted by atomic mass is 9.97. The van der Waals surface area contributed by atoms with E-state index in [0.29, 0.717) is 19.6 Å². The maximum atomic E-state index is 12.8. The molecule has 6 nitrogen and oxygen atoms in total. The number of carbonyl (C=O) groups excluding carboxylic acids is 1. The molecule has 1 aromatic carbocycles. The van der Waals surface area contributed by atoms with Gasteiger partial charge in [0.05, 0.1) is 12.1 Å². The van der Waals surface area contributed by atoms with Gasteiger partial charge in [-0.2, -0.15) is 0 Å². The average molecular weight is 311 g/mol. The minimum absolute atomic E-state index is 0.0745. The first-order chi connectivity index (χ1) is 11.2. The standard InChI is InChI=1S/C17H21N5O/c18-17(8-4-5-9-17)16(23)21-10-11-22-14(12-21)19-20-15(22)13-6-2-1-3-7-13/h1-3,6-7H,4-5,8-12,18H2. The number of carbonyl (C=O) groups is 1. The highest BCUT2D eigenvalue weighted by molar-refractivity contribution is 5.86. The topological polar surface area (TPSA) is 77.0 Å². The Balaban J connectivity index is 1.57. The van der Waals surface area contributed by atoms with Crippen molar-refractivity contribution in [2.45, 2.75) is 44.3 Å². The van der Waals surface area contributed by atoms with Gasteiger partial charge in [0, 0.05) is 18.7 Å². The molecular formula is C17H21N5O. The van der Waals surface area contributed by atoms with Gasteiger partial charge in [-0.1, -0.05) is 43.2 Å². The van der Waals surface area contributed by atoms with E-state index < -0.39 is 5.54 Å². The van der Waals surface area contributed by atoms with Crippen molar-refractivity contribution in [3.05, 3.63) is 36.2 Å². The van der Waals surface area contributed by atoms with Crippen LogP contribution in [-0.2, 0) is 17.9 Å². The number of nitrogens with two attached hydrogens (primary N) is 1. The molecule has 0 bridgehead atoms. The highest BCUT2D eigenvalue weighted by Gasteiger charge is 2.41. The van der Waals surface area contributed by atoms with Crippen LogP contribution in [0.3, 0.4) is 0 Å². The number of aromatic nitrogens is 3. The molecule has 1 aromatic heterocycles. The quantitative estimate of drug-likeness (QED) is 0.913. The third-order valence-corrected chi connectivity index (χ3v) is 4.99. The van der Waals surface area contributed by atoms with E-state index in [-0.39, 0.29) is 5.91 Å². The highest BCUT2D eigenvalue weighted by atomic mass is 16.2. The molecule has 0 spiro atoms. The molecule has 6 heteroatoms. The molecule has 1 fully saturated rings. The van der Waals surface area contributed by atoms with Crippen LogP contribution in [0.4, 0.5) is 0 Å². The average Bonchev–Trinajstić information content (AvgIpc) is 3.21. The summed E-state index contributed by atoms with van der Waals surface area (Å²) in [6.45, 7) is 1.88. The van der Waals surface area contributed by atoms with Gasteiger partial charge in [0.2, 0.25) is 5.91 Å². The Hall–Kier alpha value is -2.21. The van der Waals surface area contributed by atoms with E-state index in [2.05, 4.69) is 14.8 Å². The predicted octanol–water partition coefficient (Wildman–Crippen LogP) is 1.56. The van der Waals surface area contributed by atoms with Crippen molar-refractivity contribution in [1.82, 2.24) is 19.7 Å². The lowest BCUT2D eigenvalue weighted by molar-refractivity contribution is -0.138. The maximum Gasteiger partial charge on any atom is 0.243 e. The predicted molar refractivity (Wildman–Crippen MR) is 86.3 cm³/mol. The number of fused-ring (bicyclic) bond motifs is 1. The zero-order valence-corrected chi connectivity index (χ0v) is 13.1. The van der Waals surface area contributed by atoms with Crippen LogP contribution in [0.1, 0.15) is 31.5 Å². The summed E-state index contributed by atoms with van der Waals surface area (Å²) in [5.41, 5.74) is 6.71. The van der Waals surface area contributed by atoms with E-state index in [1.54, 1.807) is 0 Å². The van der Waals surface area contributed by atoms with Crippen LogP contribution >= 0.6 is 0 Å². The fraction of sp³-hybridized carbons (Fsp3) is 0.471. The normalized spacial score (nSPS) is 19.6. The second kappa shape index (κ2) is 5.45. The fourth-order valence-electron chi connectivity index (χ4n) is 3.67. The summed E-state index contributed by atoms with van der Waals surface area (Å²) in [6, 6.07) is 10.0. The zero-order valence-electron chi connectivity index (χ0n) is 13.1. The first kappa shape index (κ1) is 14.4. The van der Waals surface area contributed by atoms with Crippen molar-refractivity contribution in [3.8, 4) is 11.4 Å². The van der Waals surface area contributed by atoms with Gasteiger partial charge in [-0.3, -0.25) is 4.79 Å². The van der Waals surface area contributed by atoms with Crippen LogP contribution in [0.15, 0.2) is 30.3 Å². The van der Waals surface area contributed by atoms with Gasteiger partial charge in [-0.15, -0.1) is 10.2 Å². The number of hydrogen-bond donors (Lipinski definition) is 1. The Labute approximate surface area is 135 Å². The molecule has 23 heavy (non-hydrogen) atoms. The molecule has 0 unspecified atom stereocenters. The molecule has 0 radical (unpaired) electrons. The maximum absolute atomic E-state index is 12.8. The van der Waals surface area contributed by atoms with Gasteiger partial charge in [0.1, 0.15) is 0 Å². The summed E-state index contributed by atoms with van der Waals surface area (Å²) in [5.74, 6) is 1.78. The lowest BCUT2D eigenvalue weighted by Gasteiger charge is -2.34. The fourth-order valence-corrected chi connectivity index (χ4v) is 3.67. The van der Waals surface area contributed by atoms with Gasteiger partial charge >= 0.3 is 0 Å². The SMILES string of the molecule is NC1(C(=O)N2CCn3c(nnc3-c3ccccc3)C2)CCCC1. The highest BCUT2D eigenvalue weighted by Crippen LogP contribution is 2.30. The Kier molecular flexibility index (Phi) is 3.41. The molecule has 2 aromatic rings. The third kappa shape index (κ3) is 2.43. The molecule has 120 valence electrons. The summed E-state index contributed by atoms with van der Waals surface area (Å²) in [4.78, 5) is 14.6. The third-order valence-electron chi connectivity index (χ3n) is 4.99. The summed E-state index contributed by atoms with van der Waals surface area (Å²) in [5, 5.41) is 8.61. The van der Waals surface area contributed by atoms with E-state index in [4.69, 9.17) is 5.73 Å². The number of benzene rings is 1. The first-order valence-electron chi connectivity index (χ1n) is 8.23. The molecular weight excluding hydrogens is 290 g/mol.